The second kappa shape index (κ2) is 6.82. The van der Waals surface area contributed by atoms with Gasteiger partial charge in [-0.05, 0) is 50.6 Å². The predicted molar refractivity (Wildman–Crippen MR) is 109 cm³/mol. The topological polar surface area (TPSA) is 84.6 Å². The fourth-order valence-corrected chi connectivity index (χ4v) is 3.52. The summed E-state index contributed by atoms with van der Waals surface area (Å²) in [6.07, 6.45) is 1.84. The lowest BCUT2D eigenvalue weighted by Gasteiger charge is -2.25. The van der Waals surface area contributed by atoms with Crippen LogP contribution in [-0.4, -0.2) is 46.4 Å². The first-order valence-electron chi connectivity index (χ1n) is 9.43. The maximum Gasteiger partial charge on any atom is 0.410 e. The number of likely N-dealkylation sites (tertiary alicyclic amines) is 1. The van der Waals surface area contributed by atoms with Crippen molar-refractivity contribution in [2.24, 2.45) is 5.92 Å². The highest BCUT2D eigenvalue weighted by atomic mass is 16.6. The Morgan fingerprint density at radius 1 is 1.11 bits per heavy atom. The molecule has 1 unspecified atom stereocenters. The Morgan fingerprint density at radius 3 is 2.46 bits per heavy atom. The average molecular weight is 379 g/mol. The lowest BCUT2D eigenvalue weighted by Crippen LogP contribution is -2.36. The van der Waals surface area contributed by atoms with Gasteiger partial charge < -0.3 is 20.3 Å². The molecule has 1 saturated heterocycles. The molecule has 0 radical (unpaired) electrons. The van der Waals surface area contributed by atoms with E-state index in [1.54, 1.807) is 4.90 Å². The van der Waals surface area contributed by atoms with Crippen LogP contribution in [0.5, 0.6) is 0 Å². The average Bonchev–Trinajstić information content (AvgIpc) is 3.20. The number of benzene rings is 1. The number of ether oxygens (including phenoxy) is 1. The molecule has 1 amide bonds. The van der Waals surface area contributed by atoms with E-state index in [1.165, 1.54) is 5.57 Å². The molecule has 0 bridgehead atoms. The number of rotatable bonds is 2. The number of carbonyl (C=O) groups is 1. The molecule has 0 aliphatic carbocycles. The van der Waals surface area contributed by atoms with Crippen LogP contribution in [0, 0.1) is 5.92 Å². The van der Waals surface area contributed by atoms with Gasteiger partial charge in [0.15, 0.2) is 5.82 Å². The lowest BCUT2D eigenvalue weighted by molar-refractivity contribution is 0.0291. The summed E-state index contributed by atoms with van der Waals surface area (Å²) in [5.74, 6) is 1.12. The van der Waals surface area contributed by atoms with Gasteiger partial charge in [-0.3, -0.25) is 0 Å². The molecule has 3 heterocycles. The second-order valence-corrected chi connectivity index (χ2v) is 8.31. The van der Waals surface area contributed by atoms with Gasteiger partial charge in [-0.1, -0.05) is 12.1 Å². The van der Waals surface area contributed by atoms with Gasteiger partial charge >= 0.3 is 6.09 Å². The van der Waals surface area contributed by atoms with Gasteiger partial charge in [0.2, 0.25) is 0 Å². The summed E-state index contributed by atoms with van der Waals surface area (Å²) >= 11 is 0. The molecule has 2 aliphatic heterocycles. The van der Waals surface area contributed by atoms with E-state index in [1.807, 2.05) is 57.2 Å². The monoisotopic (exact) mass is 379 g/mol. The zero-order valence-electron chi connectivity index (χ0n) is 16.4. The van der Waals surface area contributed by atoms with E-state index in [9.17, 15) is 4.79 Å². The van der Waals surface area contributed by atoms with Crippen molar-refractivity contribution in [1.82, 2.24) is 15.1 Å². The SMILES string of the molecule is CC(C)(C)OC(=O)N1CC2=CN(c3ccc(-c4ccc(N)cc4)nn3)CC2C1. The number of nitrogens with two attached hydrogens (primary N) is 1. The fraction of sp³-hybridized carbons (Fsp3) is 0.381. The van der Waals surface area contributed by atoms with Crippen LogP contribution < -0.4 is 10.6 Å². The minimum atomic E-state index is -0.475. The number of amides is 1. The van der Waals surface area contributed by atoms with Gasteiger partial charge in [0.05, 0.1) is 5.69 Å². The Hall–Kier alpha value is -3.09. The summed E-state index contributed by atoms with van der Waals surface area (Å²) in [5.41, 5.74) is 9.01. The van der Waals surface area contributed by atoms with Crippen molar-refractivity contribution in [1.29, 1.82) is 0 Å². The molecule has 7 heteroatoms. The van der Waals surface area contributed by atoms with Crippen molar-refractivity contribution in [3.63, 3.8) is 0 Å². The van der Waals surface area contributed by atoms with Crippen LogP contribution in [0.2, 0.25) is 0 Å². The van der Waals surface area contributed by atoms with Crippen LogP contribution in [0.4, 0.5) is 16.3 Å². The van der Waals surface area contributed by atoms with E-state index >= 15 is 0 Å². The third kappa shape index (κ3) is 3.78. The van der Waals surface area contributed by atoms with Gasteiger partial charge in [0, 0.05) is 43.0 Å². The highest BCUT2D eigenvalue weighted by Crippen LogP contribution is 2.32. The quantitative estimate of drug-likeness (QED) is 0.806. The first-order valence-corrected chi connectivity index (χ1v) is 9.43. The van der Waals surface area contributed by atoms with Crippen molar-refractivity contribution < 1.29 is 9.53 Å². The zero-order valence-corrected chi connectivity index (χ0v) is 16.4. The molecule has 28 heavy (non-hydrogen) atoms. The molecule has 1 fully saturated rings. The molecule has 146 valence electrons. The molecule has 1 atom stereocenters. The minimum Gasteiger partial charge on any atom is -0.444 e. The Balaban J connectivity index is 1.42. The molecular weight excluding hydrogens is 354 g/mol. The van der Waals surface area contributed by atoms with Crippen LogP contribution in [0.15, 0.2) is 48.2 Å². The second-order valence-electron chi connectivity index (χ2n) is 8.31. The highest BCUT2D eigenvalue weighted by Gasteiger charge is 2.37. The number of aromatic nitrogens is 2. The summed E-state index contributed by atoms with van der Waals surface area (Å²) < 4.78 is 5.48. The summed E-state index contributed by atoms with van der Waals surface area (Å²) in [6.45, 7) is 7.73. The van der Waals surface area contributed by atoms with Gasteiger partial charge in [0.1, 0.15) is 5.60 Å². The molecule has 0 spiro atoms. The van der Waals surface area contributed by atoms with Crippen molar-refractivity contribution in [3.8, 4) is 11.3 Å². The van der Waals surface area contributed by atoms with E-state index < -0.39 is 5.60 Å². The van der Waals surface area contributed by atoms with Crippen LogP contribution in [0.25, 0.3) is 11.3 Å². The van der Waals surface area contributed by atoms with E-state index in [-0.39, 0.29) is 6.09 Å². The number of carbonyl (C=O) groups excluding carboxylic acids is 1. The number of nitrogens with zero attached hydrogens (tertiary/aromatic N) is 4. The Morgan fingerprint density at radius 2 is 1.86 bits per heavy atom. The molecule has 1 aromatic heterocycles. The molecule has 2 N–H and O–H groups in total. The molecule has 4 rings (SSSR count). The summed E-state index contributed by atoms with van der Waals surface area (Å²) in [5, 5.41) is 8.74. The molecule has 1 aromatic carbocycles. The number of hydrogen-bond donors (Lipinski definition) is 1. The minimum absolute atomic E-state index is 0.248. The van der Waals surface area contributed by atoms with Crippen LogP contribution >= 0.6 is 0 Å². The van der Waals surface area contributed by atoms with E-state index in [2.05, 4.69) is 21.3 Å². The van der Waals surface area contributed by atoms with Crippen LogP contribution in [0.1, 0.15) is 20.8 Å². The largest absolute Gasteiger partial charge is 0.444 e. The number of nitrogen functional groups attached to an aromatic ring is 1. The highest BCUT2D eigenvalue weighted by molar-refractivity contribution is 5.70. The van der Waals surface area contributed by atoms with Crippen LogP contribution in [0.3, 0.4) is 0 Å². The molecule has 7 nitrogen and oxygen atoms in total. The predicted octanol–water partition coefficient (Wildman–Crippen LogP) is 3.30. The summed E-state index contributed by atoms with van der Waals surface area (Å²) in [4.78, 5) is 16.1. The van der Waals surface area contributed by atoms with E-state index in [4.69, 9.17) is 10.5 Å². The van der Waals surface area contributed by atoms with Gasteiger partial charge in [-0.2, -0.15) is 0 Å². The molecule has 2 aliphatic rings. The Labute approximate surface area is 164 Å². The smallest absolute Gasteiger partial charge is 0.410 e. The van der Waals surface area contributed by atoms with Gasteiger partial charge in [0.25, 0.3) is 0 Å². The molecular formula is C21H25N5O2. The first kappa shape index (κ1) is 18.3. The number of fused-ring (bicyclic) bond motifs is 1. The third-order valence-corrected chi connectivity index (χ3v) is 4.88. The third-order valence-electron chi connectivity index (χ3n) is 4.88. The maximum absolute atomic E-state index is 12.3. The first-order chi connectivity index (χ1) is 13.3. The Kier molecular flexibility index (Phi) is 4.45. The standard InChI is InChI=1S/C21H25N5O2/c1-21(2,3)28-20(27)26-12-15-10-25(11-16(15)13-26)19-9-8-18(23-24-19)14-4-6-17(22)7-5-14/h4-10,16H,11-13,22H2,1-3H3. The number of anilines is 2. The van der Waals surface area contributed by atoms with Crippen molar-refractivity contribution in [2.45, 2.75) is 26.4 Å². The molecule has 2 aromatic rings. The number of hydrogen-bond acceptors (Lipinski definition) is 6. The fourth-order valence-electron chi connectivity index (χ4n) is 3.52. The normalized spacial score (nSPS) is 18.8. The van der Waals surface area contributed by atoms with Gasteiger partial charge in [-0.15, -0.1) is 10.2 Å². The van der Waals surface area contributed by atoms with E-state index in [0.717, 1.165) is 29.3 Å². The summed E-state index contributed by atoms with van der Waals surface area (Å²) in [7, 11) is 0. The summed E-state index contributed by atoms with van der Waals surface area (Å²) in [6, 6.07) is 11.5. The van der Waals surface area contributed by atoms with Crippen LogP contribution in [-0.2, 0) is 4.74 Å². The van der Waals surface area contributed by atoms with E-state index in [0.29, 0.717) is 19.0 Å². The zero-order chi connectivity index (χ0) is 19.9. The van der Waals surface area contributed by atoms with Crippen molar-refractivity contribution in [3.05, 3.63) is 48.2 Å². The molecule has 0 saturated carbocycles. The van der Waals surface area contributed by atoms with Crippen molar-refractivity contribution in [2.75, 3.05) is 30.3 Å². The lowest BCUT2D eigenvalue weighted by atomic mass is 10.1. The maximum atomic E-state index is 12.3. The van der Waals surface area contributed by atoms with Crippen molar-refractivity contribution >= 4 is 17.6 Å². The van der Waals surface area contributed by atoms with Gasteiger partial charge in [-0.25, -0.2) is 4.79 Å². The Bertz CT molecular complexity index is 900.